The fraction of sp³-hybridized carbons (Fsp3) is 0.933. The van der Waals surface area contributed by atoms with Gasteiger partial charge >= 0.3 is 0 Å². The Hall–Kier alpha value is -0.570. The summed E-state index contributed by atoms with van der Waals surface area (Å²) >= 11 is 0. The summed E-state index contributed by atoms with van der Waals surface area (Å²) < 4.78 is 0. The molecule has 0 aliphatic heterocycles. The molecule has 1 amide bonds. The maximum Gasteiger partial charge on any atom is 0.224 e. The molecule has 0 bridgehead atoms. The van der Waals surface area contributed by atoms with Crippen LogP contribution in [0, 0.1) is 11.8 Å². The summed E-state index contributed by atoms with van der Waals surface area (Å²) in [6.07, 6.45) is 10.4. The van der Waals surface area contributed by atoms with Gasteiger partial charge in [0.25, 0.3) is 0 Å². The molecule has 3 saturated carbocycles. The predicted octanol–water partition coefficient (Wildman–Crippen LogP) is 2.30. The Labute approximate surface area is 110 Å². The Morgan fingerprint density at radius 2 is 1.56 bits per heavy atom. The van der Waals surface area contributed by atoms with Crippen LogP contribution in [0.4, 0.5) is 0 Å². The molecule has 3 rings (SSSR count). The summed E-state index contributed by atoms with van der Waals surface area (Å²) in [7, 11) is 0. The lowest BCUT2D eigenvalue weighted by Gasteiger charge is -2.29. The fourth-order valence-corrected chi connectivity index (χ4v) is 3.17. The third-order valence-electron chi connectivity index (χ3n) is 4.81. The van der Waals surface area contributed by atoms with Crippen LogP contribution < -0.4 is 5.73 Å². The summed E-state index contributed by atoms with van der Waals surface area (Å²) in [5.41, 5.74) is 6.17. The number of carbonyl (C=O) groups is 1. The van der Waals surface area contributed by atoms with E-state index >= 15 is 0 Å². The molecule has 3 aliphatic rings. The van der Waals surface area contributed by atoms with Crippen LogP contribution in [0.25, 0.3) is 0 Å². The van der Waals surface area contributed by atoms with E-state index in [-0.39, 0.29) is 5.54 Å². The molecule has 0 aromatic heterocycles. The first-order valence-corrected chi connectivity index (χ1v) is 7.71. The highest BCUT2D eigenvalue weighted by molar-refractivity contribution is 5.77. The van der Waals surface area contributed by atoms with E-state index < -0.39 is 0 Å². The van der Waals surface area contributed by atoms with Crippen LogP contribution in [0.3, 0.4) is 0 Å². The van der Waals surface area contributed by atoms with Gasteiger partial charge in [-0.25, -0.2) is 0 Å². The first kappa shape index (κ1) is 12.5. The first-order chi connectivity index (χ1) is 8.65. The van der Waals surface area contributed by atoms with Gasteiger partial charge in [0.1, 0.15) is 0 Å². The highest BCUT2D eigenvalue weighted by Crippen LogP contribution is 2.35. The molecule has 0 atom stereocenters. The van der Waals surface area contributed by atoms with E-state index in [9.17, 15) is 4.79 Å². The Morgan fingerprint density at radius 3 is 2.00 bits per heavy atom. The van der Waals surface area contributed by atoms with Crippen molar-refractivity contribution in [3.05, 3.63) is 0 Å². The topological polar surface area (TPSA) is 46.3 Å². The molecule has 0 radical (unpaired) electrons. The van der Waals surface area contributed by atoms with Crippen LogP contribution in [0.1, 0.15) is 57.8 Å². The van der Waals surface area contributed by atoms with Gasteiger partial charge in [-0.15, -0.1) is 0 Å². The van der Waals surface area contributed by atoms with Gasteiger partial charge in [-0.2, -0.15) is 0 Å². The van der Waals surface area contributed by atoms with Gasteiger partial charge in [0.2, 0.25) is 5.91 Å². The highest BCUT2D eigenvalue weighted by Gasteiger charge is 2.36. The maximum absolute atomic E-state index is 12.5. The zero-order valence-electron chi connectivity index (χ0n) is 11.4. The third kappa shape index (κ3) is 3.25. The van der Waals surface area contributed by atoms with Gasteiger partial charge in [0.05, 0.1) is 0 Å². The summed E-state index contributed by atoms with van der Waals surface area (Å²) in [6, 6.07) is 0. The lowest BCUT2D eigenvalue weighted by atomic mass is 9.94. The van der Waals surface area contributed by atoms with Crippen LogP contribution in [-0.2, 0) is 4.79 Å². The molecule has 0 aromatic carbocycles. The van der Waals surface area contributed by atoms with Crippen LogP contribution in [-0.4, -0.2) is 29.4 Å². The van der Waals surface area contributed by atoms with Crippen molar-refractivity contribution < 1.29 is 4.79 Å². The molecule has 0 unspecified atom stereocenters. The van der Waals surface area contributed by atoms with Crippen molar-refractivity contribution in [3.8, 4) is 0 Å². The van der Waals surface area contributed by atoms with Crippen molar-refractivity contribution >= 4 is 5.91 Å². The van der Waals surface area contributed by atoms with E-state index in [2.05, 4.69) is 4.90 Å². The zero-order valence-corrected chi connectivity index (χ0v) is 11.4. The van der Waals surface area contributed by atoms with E-state index in [4.69, 9.17) is 5.73 Å². The second kappa shape index (κ2) is 4.84. The molecule has 0 saturated heterocycles. The van der Waals surface area contributed by atoms with Gasteiger partial charge in [-0.1, -0.05) is 12.8 Å². The molecule has 102 valence electrons. The van der Waals surface area contributed by atoms with E-state index in [0.29, 0.717) is 12.3 Å². The van der Waals surface area contributed by atoms with E-state index in [1.807, 2.05) is 0 Å². The molecule has 3 fully saturated rings. The van der Waals surface area contributed by atoms with Crippen molar-refractivity contribution in [1.29, 1.82) is 0 Å². The summed E-state index contributed by atoms with van der Waals surface area (Å²) in [4.78, 5) is 14.6. The average molecular weight is 250 g/mol. The van der Waals surface area contributed by atoms with E-state index in [1.54, 1.807) is 0 Å². The maximum atomic E-state index is 12.5. The van der Waals surface area contributed by atoms with Crippen molar-refractivity contribution in [3.63, 3.8) is 0 Å². The Morgan fingerprint density at radius 1 is 1.06 bits per heavy atom. The van der Waals surface area contributed by atoms with Crippen LogP contribution in [0.5, 0.6) is 0 Å². The summed E-state index contributed by atoms with van der Waals surface area (Å²) in [5.74, 6) is 1.92. The number of carbonyl (C=O) groups excluding carboxylic acids is 1. The zero-order chi connectivity index (χ0) is 12.6. The molecule has 3 nitrogen and oxygen atoms in total. The minimum Gasteiger partial charge on any atom is -0.342 e. The minimum atomic E-state index is -0.178. The lowest BCUT2D eigenvalue weighted by molar-refractivity contribution is -0.133. The normalized spacial score (nSPS) is 26.3. The average Bonchev–Trinajstić information content (AvgIpc) is 3.22. The monoisotopic (exact) mass is 250 g/mol. The number of rotatable bonds is 6. The second-order valence-electron chi connectivity index (χ2n) is 6.93. The first-order valence-electron chi connectivity index (χ1n) is 7.71. The standard InChI is InChI=1S/C15H26N2O/c16-15(7-1-2-8-15)9-14(18)17(10-12-3-4-12)11-13-5-6-13/h12-13H,1-11,16H2. The van der Waals surface area contributed by atoms with E-state index in [1.165, 1.54) is 38.5 Å². The Balaban J connectivity index is 1.55. The van der Waals surface area contributed by atoms with Gasteiger partial charge in [-0.05, 0) is 50.4 Å². The number of nitrogens with zero attached hydrogens (tertiary/aromatic N) is 1. The SMILES string of the molecule is NC1(CC(=O)N(CC2CC2)CC2CC2)CCCC1. The van der Waals surface area contributed by atoms with Crippen molar-refractivity contribution in [2.75, 3.05) is 13.1 Å². The quantitative estimate of drug-likeness (QED) is 0.786. The van der Waals surface area contributed by atoms with Crippen LogP contribution in [0.2, 0.25) is 0 Å². The molecule has 3 heteroatoms. The molecule has 0 aromatic rings. The van der Waals surface area contributed by atoms with Crippen molar-refractivity contribution in [1.82, 2.24) is 4.90 Å². The fourth-order valence-electron chi connectivity index (χ4n) is 3.17. The minimum absolute atomic E-state index is 0.178. The molecule has 2 N–H and O–H groups in total. The smallest absolute Gasteiger partial charge is 0.224 e. The van der Waals surface area contributed by atoms with Gasteiger partial charge in [0.15, 0.2) is 0 Å². The molecular formula is C15H26N2O. The molecular weight excluding hydrogens is 224 g/mol. The largest absolute Gasteiger partial charge is 0.342 e. The Kier molecular flexibility index (Phi) is 3.35. The van der Waals surface area contributed by atoms with Gasteiger partial charge < -0.3 is 10.6 Å². The molecule has 18 heavy (non-hydrogen) atoms. The van der Waals surface area contributed by atoms with Gasteiger partial charge in [0, 0.05) is 25.0 Å². The Bertz CT molecular complexity index is 300. The summed E-state index contributed by atoms with van der Waals surface area (Å²) in [5, 5.41) is 0. The number of hydrogen-bond donors (Lipinski definition) is 1. The van der Waals surface area contributed by atoms with Crippen molar-refractivity contribution in [2.24, 2.45) is 17.6 Å². The summed E-state index contributed by atoms with van der Waals surface area (Å²) in [6.45, 7) is 2.01. The van der Waals surface area contributed by atoms with Gasteiger partial charge in [-0.3, -0.25) is 4.79 Å². The predicted molar refractivity (Wildman–Crippen MR) is 72.0 cm³/mol. The lowest BCUT2D eigenvalue weighted by Crippen LogP contribution is -2.44. The van der Waals surface area contributed by atoms with Crippen molar-refractivity contribution in [2.45, 2.75) is 63.3 Å². The highest BCUT2D eigenvalue weighted by atomic mass is 16.2. The number of amides is 1. The number of hydrogen-bond acceptors (Lipinski definition) is 2. The molecule has 0 heterocycles. The van der Waals surface area contributed by atoms with E-state index in [0.717, 1.165) is 37.8 Å². The second-order valence-corrected chi connectivity index (χ2v) is 6.93. The number of nitrogens with two attached hydrogens (primary N) is 1. The van der Waals surface area contributed by atoms with Crippen LogP contribution >= 0.6 is 0 Å². The molecule has 0 spiro atoms. The van der Waals surface area contributed by atoms with Crippen LogP contribution in [0.15, 0.2) is 0 Å². The third-order valence-corrected chi connectivity index (χ3v) is 4.81. The molecule has 3 aliphatic carbocycles.